The van der Waals surface area contributed by atoms with Crippen molar-refractivity contribution in [2.24, 2.45) is 0 Å². The van der Waals surface area contributed by atoms with E-state index in [4.69, 9.17) is 5.26 Å². The van der Waals surface area contributed by atoms with E-state index in [-0.39, 0.29) is 27.0 Å². The van der Waals surface area contributed by atoms with E-state index in [1.165, 1.54) is 0 Å². The molecular formula is C34H38N5O7S4Se+. The number of nitrogens with one attached hydrogen (secondary N) is 2. The molecule has 4 N–H and O–H groups in total. The molecule has 0 radical (unpaired) electrons. The van der Waals surface area contributed by atoms with Crippen LogP contribution in [0.25, 0.3) is 32.7 Å². The first-order valence-electron chi connectivity index (χ1n) is 16.0. The van der Waals surface area contributed by atoms with Gasteiger partial charge in [-0.25, -0.2) is 4.98 Å². The molecule has 2 aromatic heterocycles. The topological polar surface area (TPSA) is 154 Å². The normalized spacial score (nSPS) is 11.9. The van der Waals surface area contributed by atoms with Gasteiger partial charge in [0.2, 0.25) is 0 Å². The quantitative estimate of drug-likeness (QED) is 0.0108. The molecule has 3 aromatic carbocycles. The third kappa shape index (κ3) is 12.1. The van der Waals surface area contributed by atoms with E-state index in [9.17, 15) is 17.8 Å². The number of fused-ring (bicyclic) bond motifs is 3. The second-order valence-corrected chi connectivity index (χ2v) is 17.7. The van der Waals surface area contributed by atoms with Crippen molar-refractivity contribution in [2.45, 2.75) is 36.2 Å². The molecule has 0 spiro atoms. The number of hydrogen-bond donors (Lipinski definition) is 4. The molecule has 1 amide bonds. The number of rotatable bonds is 20. The molecular weight excluding hydrogens is 798 g/mol. The molecule has 17 heteroatoms. The van der Waals surface area contributed by atoms with E-state index in [1.54, 1.807) is 27.8 Å². The van der Waals surface area contributed by atoms with Crippen LogP contribution in [0.3, 0.4) is 0 Å². The van der Waals surface area contributed by atoms with Crippen LogP contribution in [0.5, 0.6) is 0 Å². The van der Waals surface area contributed by atoms with Crippen molar-refractivity contribution < 1.29 is 37.0 Å². The van der Waals surface area contributed by atoms with E-state index < -0.39 is 10.3 Å². The first-order chi connectivity index (χ1) is 24.7. The van der Waals surface area contributed by atoms with Crippen molar-refractivity contribution in [3.8, 4) is 0 Å². The van der Waals surface area contributed by atoms with Gasteiger partial charge < -0.3 is 0 Å². The fourth-order valence-corrected chi connectivity index (χ4v) is 10.3. The molecule has 0 aliphatic carbocycles. The molecule has 270 valence electrons. The monoisotopic (exact) mass is 836 g/mol. The summed E-state index contributed by atoms with van der Waals surface area (Å²) in [4.78, 5) is 19.6. The van der Waals surface area contributed by atoms with Gasteiger partial charge in [0.05, 0.1) is 0 Å². The van der Waals surface area contributed by atoms with Crippen molar-refractivity contribution in [2.75, 3.05) is 36.8 Å². The molecule has 0 saturated heterocycles. The number of carbonyl (C=O) groups excluding carboxylic acids is 1. The van der Waals surface area contributed by atoms with Crippen LogP contribution in [0, 0.1) is 0 Å². The van der Waals surface area contributed by atoms with E-state index in [2.05, 4.69) is 77.2 Å². The SMILES string of the molecule is CCN(CCNC(=O)CCCSSc1ccccn1)c1ccc(C=Cc2[se]c3ccc4cc(SOOO)ccc4c3[n+]2CCNS(=O)(=O)O)cc1. The molecule has 0 fully saturated rings. The van der Waals surface area contributed by atoms with Crippen LogP contribution in [0.2, 0.25) is 0 Å². The molecule has 2 heterocycles. The Labute approximate surface area is 315 Å². The zero-order valence-electron chi connectivity index (χ0n) is 27.6. The van der Waals surface area contributed by atoms with Crippen molar-refractivity contribution in [1.82, 2.24) is 15.0 Å². The zero-order chi connectivity index (χ0) is 36.1. The molecule has 0 aliphatic heterocycles. The predicted octanol–water partition coefficient (Wildman–Crippen LogP) is 5.89. The summed E-state index contributed by atoms with van der Waals surface area (Å²) < 4.78 is 43.1. The van der Waals surface area contributed by atoms with E-state index in [0.717, 1.165) is 77.1 Å². The third-order valence-electron chi connectivity index (χ3n) is 7.63. The van der Waals surface area contributed by atoms with Crippen LogP contribution < -0.4 is 19.5 Å². The van der Waals surface area contributed by atoms with E-state index in [1.807, 2.05) is 48.5 Å². The van der Waals surface area contributed by atoms with Gasteiger partial charge in [-0.15, -0.1) is 0 Å². The molecule has 12 nitrogen and oxygen atoms in total. The van der Waals surface area contributed by atoms with Crippen molar-refractivity contribution >= 4 is 103 Å². The van der Waals surface area contributed by atoms with E-state index >= 15 is 0 Å². The summed E-state index contributed by atoms with van der Waals surface area (Å²) in [6.45, 7) is 4.49. The minimum atomic E-state index is -4.34. The number of likely N-dealkylation sites (N-methyl/N-ethyl adjacent to an activating group) is 1. The molecule has 0 bridgehead atoms. The molecule has 0 saturated carbocycles. The summed E-state index contributed by atoms with van der Waals surface area (Å²) in [5, 5.41) is 18.2. The summed E-state index contributed by atoms with van der Waals surface area (Å²) in [5.41, 5.74) is 3.06. The fraction of sp³-hybridized carbons (Fsp3) is 0.265. The Morgan fingerprint density at radius 3 is 2.67 bits per heavy atom. The molecule has 0 aliphatic rings. The van der Waals surface area contributed by atoms with Crippen molar-refractivity contribution in [3.05, 3.63) is 89.1 Å². The third-order valence-corrected chi connectivity index (χ3v) is 13.5. The van der Waals surface area contributed by atoms with E-state index in [0.29, 0.717) is 26.1 Å². The Bertz CT molecular complexity index is 2030. The summed E-state index contributed by atoms with van der Waals surface area (Å²) in [5.74, 6) is 0.939. The van der Waals surface area contributed by atoms with Crippen LogP contribution in [-0.2, 0) is 31.0 Å². The number of pyridine rings is 1. The molecule has 0 atom stereocenters. The summed E-state index contributed by atoms with van der Waals surface area (Å²) in [6, 6.07) is 23.9. The molecule has 0 unspecified atom stereocenters. The summed E-state index contributed by atoms with van der Waals surface area (Å²) in [7, 11) is -1.00. The van der Waals surface area contributed by atoms with Gasteiger partial charge in [-0.1, -0.05) is 16.9 Å². The number of hydrogen-bond acceptors (Lipinski definition) is 11. The standard InChI is InChI=1S/C34H37N5O7S4Se/c1-2-38(21-19-35-31(40)6-5-23-47-49-32-7-3-4-18-36-32)27-12-8-25(9-13-27)10-17-33-39(22-20-37-50(42,43)44)34-29-15-14-28(48-46-45-41)24-26(29)11-16-30(34)51-33/h3-4,7-18,24,37H,2,5-6,19-23H2,1H3,(H2-,35,40,41,42,43,44)/p+1. The Morgan fingerprint density at radius 1 is 1.08 bits per heavy atom. The molecule has 5 rings (SSSR count). The summed E-state index contributed by atoms with van der Waals surface area (Å²) >= 11 is 0.824. The van der Waals surface area contributed by atoms with Crippen molar-refractivity contribution in [3.63, 3.8) is 0 Å². The van der Waals surface area contributed by atoms with Gasteiger partial charge in [0.25, 0.3) is 0 Å². The van der Waals surface area contributed by atoms with Crippen LogP contribution in [-0.4, -0.2) is 75.6 Å². The second kappa shape index (κ2) is 19.8. The number of amides is 1. The fourth-order valence-electron chi connectivity index (χ4n) is 5.29. The number of benzene rings is 3. The Hall–Kier alpha value is -2.93. The van der Waals surface area contributed by atoms with Gasteiger partial charge >= 0.3 is 238 Å². The minimum absolute atomic E-state index is 0.0185. The molecule has 5 aromatic rings. The first kappa shape index (κ1) is 39.3. The van der Waals surface area contributed by atoms with Crippen molar-refractivity contribution in [1.29, 1.82) is 0 Å². The van der Waals surface area contributed by atoms with Crippen LogP contribution in [0.4, 0.5) is 5.69 Å². The van der Waals surface area contributed by atoms with Gasteiger partial charge in [-0.05, 0) is 29.3 Å². The maximum atomic E-state index is 12.4. The summed E-state index contributed by atoms with van der Waals surface area (Å²) in [6.07, 6.45) is 7.19. The van der Waals surface area contributed by atoms with Crippen LogP contribution in [0.15, 0.2) is 88.9 Å². The van der Waals surface area contributed by atoms with Gasteiger partial charge in [0.15, 0.2) is 0 Å². The average molecular weight is 836 g/mol. The zero-order valence-corrected chi connectivity index (χ0v) is 32.6. The first-order valence-corrected chi connectivity index (χ1v) is 22.2. The maximum absolute atomic E-state index is 12.4. The number of nitrogens with zero attached hydrogens (tertiary/aromatic N) is 3. The van der Waals surface area contributed by atoms with Crippen LogP contribution in [0.1, 0.15) is 29.9 Å². The Kier molecular flexibility index (Phi) is 15.2. The molecule has 51 heavy (non-hydrogen) atoms. The second-order valence-electron chi connectivity index (χ2n) is 11.0. The average Bonchev–Trinajstić information content (AvgIpc) is 3.49. The number of aromatic nitrogens is 2. The van der Waals surface area contributed by atoms with Gasteiger partial charge in [-0.2, -0.15) is 0 Å². The Balaban J connectivity index is 1.20. The predicted molar refractivity (Wildman–Crippen MR) is 207 cm³/mol. The Morgan fingerprint density at radius 2 is 1.92 bits per heavy atom. The van der Waals surface area contributed by atoms with Gasteiger partial charge in [0.1, 0.15) is 5.03 Å². The van der Waals surface area contributed by atoms with Gasteiger partial charge in [0, 0.05) is 18.4 Å². The van der Waals surface area contributed by atoms with Gasteiger partial charge in [-0.3, -0.25) is 4.79 Å². The number of anilines is 1. The number of carbonyl (C=O) groups is 1. The van der Waals surface area contributed by atoms with Crippen LogP contribution >= 0.6 is 33.6 Å².